The molecule has 0 unspecified atom stereocenters. The summed E-state index contributed by atoms with van der Waals surface area (Å²) in [6.07, 6.45) is 2.12. The van der Waals surface area contributed by atoms with E-state index in [0.29, 0.717) is 34.9 Å². The van der Waals surface area contributed by atoms with Crippen LogP contribution in [-0.4, -0.2) is 22.5 Å². The average molecular weight is 353 g/mol. The van der Waals surface area contributed by atoms with Gasteiger partial charge in [-0.3, -0.25) is 4.79 Å². The second-order valence-corrected chi connectivity index (χ2v) is 5.77. The van der Waals surface area contributed by atoms with Gasteiger partial charge < -0.3 is 14.8 Å². The minimum atomic E-state index is -0.320. The molecule has 0 aliphatic carbocycles. The van der Waals surface area contributed by atoms with Crippen molar-refractivity contribution in [2.45, 2.75) is 13.3 Å². The predicted molar refractivity (Wildman–Crippen MR) is 93.4 cm³/mol. The third-order valence-corrected chi connectivity index (χ3v) is 4.15. The summed E-state index contributed by atoms with van der Waals surface area (Å²) in [7, 11) is 0. The van der Waals surface area contributed by atoms with Crippen molar-refractivity contribution in [2.75, 3.05) is 12.1 Å². The van der Waals surface area contributed by atoms with Gasteiger partial charge in [0.15, 0.2) is 11.5 Å². The highest BCUT2D eigenvalue weighted by molar-refractivity contribution is 6.05. The number of hydrogen-bond acceptors (Lipinski definition) is 4. The zero-order valence-corrected chi connectivity index (χ0v) is 14.0. The number of carbonyl (C=O) groups is 1. The molecule has 0 saturated heterocycles. The number of ether oxygens (including phenoxy) is 2. The number of nitrogens with one attached hydrogen (secondary N) is 1. The van der Waals surface area contributed by atoms with Gasteiger partial charge in [0.05, 0.1) is 23.1 Å². The van der Waals surface area contributed by atoms with Crippen LogP contribution in [0.5, 0.6) is 11.5 Å². The van der Waals surface area contributed by atoms with E-state index in [0.717, 1.165) is 5.69 Å². The van der Waals surface area contributed by atoms with Crippen LogP contribution in [0.1, 0.15) is 23.0 Å². The standard InChI is InChI=1S/C19H16FN3O3/c1-2-16-15(10-21-23(16)14-6-3-12(20)4-7-14)19(24)22-13-5-8-17-18(9-13)26-11-25-17/h3-10H,2,11H2,1H3,(H,22,24). The summed E-state index contributed by atoms with van der Waals surface area (Å²) in [4.78, 5) is 12.7. The van der Waals surface area contributed by atoms with E-state index in [4.69, 9.17) is 9.47 Å². The monoisotopic (exact) mass is 353 g/mol. The molecular weight excluding hydrogens is 337 g/mol. The van der Waals surface area contributed by atoms with Crippen LogP contribution in [0, 0.1) is 5.82 Å². The van der Waals surface area contributed by atoms with E-state index in [-0.39, 0.29) is 18.5 Å². The third-order valence-electron chi connectivity index (χ3n) is 4.15. The molecule has 2 aromatic carbocycles. The molecule has 0 atom stereocenters. The fourth-order valence-corrected chi connectivity index (χ4v) is 2.88. The molecule has 3 aromatic rings. The first-order valence-electron chi connectivity index (χ1n) is 8.19. The van der Waals surface area contributed by atoms with Crippen LogP contribution in [0.25, 0.3) is 5.69 Å². The van der Waals surface area contributed by atoms with Gasteiger partial charge in [0.1, 0.15) is 5.82 Å². The molecule has 1 aliphatic heterocycles. The topological polar surface area (TPSA) is 65.4 Å². The van der Waals surface area contributed by atoms with E-state index in [1.807, 2.05) is 6.92 Å². The molecule has 0 spiro atoms. The molecule has 26 heavy (non-hydrogen) atoms. The smallest absolute Gasteiger partial charge is 0.259 e. The molecule has 0 radical (unpaired) electrons. The first-order chi connectivity index (χ1) is 12.7. The Hall–Kier alpha value is -3.35. The molecule has 132 valence electrons. The summed E-state index contributed by atoms with van der Waals surface area (Å²) in [5.41, 5.74) is 2.52. The molecule has 2 heterocycles. The van der Waals surface area contributed by atoms with Crippen molar-refractivity contribution < 1.29 is 18.7 Å². The molecule has 0 bridgehead atoms. The normalized spacial score (nSPS) is 12.2. The minimum Gasteiger partial charge on any atom is -0.454 e. The number of hydrogen-bond donors (Lipinski definition) is 1. The maximum absolute atomic E-state index is 13.1. The van der Waals surface area contributed by atoms with Crippen molar-refractivity contribution in [3.63, 3.8) is 0 Å². The Labute approximate surface area is 149 Å². The summed E-state index contributed by atoms with van der Waals surface area (Å²) in [5.74, 6) is 0.663. The molecule has 6 nitrogen and oxygen atoms in total. The lowest BCUT2D eigenvalue weighted by Crippen LogP contribution is -2.14. The number of benzene rings is 2. The van der Waals surface area contributed by atoms with Gasteiger partial charge in [-0.05, 0) is 42.8 Å². The Kier molecular flexibility index (Phi) is 4.04. The Morgan fingerprint density at radius 1 is 1.19 bits per heavy atom. The van der Waals surface area contributed by atoms with E-state index >= 15 is 0 Å². The lowest BCUT2D eigenvalue weighted by atomic mass is 10.1. The number of halogens is 1. The van der Waals surface area contributed by atoms with Crippen LogP contribution < -0.4 is 14.8 Å². The van der Waals surface area contributed by atoms with E-state index in [1.165, 1.54) is 18.3 Å². The van der Waals surface area contributed by atoms with E-state index in [2.05, 4.69) is 10.4 Å². The Bertz CT molecular complexity index is 967. The van der Waals surface area contributed by atoms with Crippen LogP contribution in [0.2, 0.25) is 0 Å². The summed E-state index contributed by atoms with van der Waals surface area (Å²) in [5, 5.41) is 7.14. The first kappa shape index (κ1) is 16.1. The Balaban J connectivity index is 1.61. The number of rotatable bonds is 4. The van der Waals surface area contributed by atoms with Crippen molar-refractivity contribution in [3.05, 3.63) is 65.7 Å². The van der Waals surface area contributed by atoms with Crippen LogP contribution in [0.15, 0.2) is 48.7 Å². The van der Waals surface area contributed by atoms with Crippen LogP contribution >= 0.6 is 0 Å². The lowest BCUT2D eigenvalue weighted by molar-refractivity contribution is 0.102. The molecule has 7 heteroatoms. The number of carbonyl (C=O) groups excluding carboxylic acids is 1. The zero-order valence-electron chi connectivity index (χ0n) is 14.0. The van der Waals surface area contributed by atoms with Crippen molar-refractivity contribution in [1.29, 1.82) is 0 Å². The molecule has 1 aliphatic rings. The minimum absolute atomic E-state index is 0.178. The Morgan fingerprint density at radius 2 is 1.96 bits per heavy atom. The average Bonchev–Trinajstić information content (AvgIpc) is 3.28. The summed E-state index contributed by atoms with van der Waals surface area (Å²) < 4.78 is 25.4. The molecule has 1 aromatic heterocycles. The second-order valence-electron chi connectivity index (χ2n) is 5.77. The lowest BCUT2D eigenvalue weighted by Gasteiger charge is -2.09. The first-order valence-corrected chi connectivity index (χ1v) is 8.19. The van der Waals surface area contributed by atoms with Gasteiger partial charge in [0.25, 0.3) is 5.91 Å². The maximum Gasteiger partial charge on any atom is 0.259 e. The predicted octanol–water partition coefficient (Wildman–Crippen LogP) is 3.55. The highest BCUT2D eigenvalue weighted by atomic mass is 19.1. The molecule has 0 fully saturated rings. The Morgan fingerprint density at radius 3 is 2.73 bits per heavy atom. The van der Waals surface area contributed by atoms with Crippen LogP contribution in [-0.2, 0) is 6.42 Å². The van der Waals surface area contributed by atoms with Crippen LogP contribution in [0.3, 0.4) is 0 Å². The molecule has 1 N–H and O–H groups in total. The van der Waals surface area contributed by atoms with Gasteiger partial charge >= 0.3 is 0 Å². The van der Waals surface area contributed by atoms with Crippen molar-refractivity contribution >= 4 is 11.6 Å². The second kappa shape index (κ2) is 6.51. The number of fused-ring (bicyclic) bond motifs is 1. The number of amides is 1. The maximum atomic E-state index is 13.1. The number of aromatic nitrogens is 2. The molecule has 0 saturated carbocycles. The van der Waals surface area contributed by atoms with Gasteiger partial charge in [-0.25, -0.2) is 9.07 Å². The van der Waals surface area contributed by atoms with E-state index in [1.54, 1.807) is 35.0 Å². The van der Waals surface area contributed by atoms with Gasteiger partial charge in [-0.2, -0.15) is 5.10 Å². The summed E-state index contributed by atoms with van der Waals surface area (Å²) in [6, 6.07) is 11.2. The van der Waals surface area contributed by atoms with Gasteiger partial charge in [0, 0.05) is 11.8 Å². The van der Waals surface area contributed by atoms with Gasteiger partial charge in [-0.15, -0.1) is 0 Å². The van der Waals surface area contributed by atoms with Gasteiger partial charge in [0.2, 0.25) is 6.79 Å². The third kappa shape index (κ3) is 2.88. The number of nitrogens with zero attached hydrogens (tertiary/aromatic N) is 2. The van der Waals surface area contributed by atoms with Crippen molar-refractivity contribution in [2.24, 2.45) is 0 Å². The van der Waals surface area contributed by atoms with E-state index in [9.17, 15) is 9.18 Å². The fraction of sp³-hybridized carbons (Fsp3) is 0.158. The zero-order chi connectivity index (χ0) is 18.1. The van der Waals surface area contributed by atoms with Crippen molar-refractivity contribution in [3.8, 4) is 17.2 Å². The molecular formula is C19H16FN3O3. The summed E-state index contributed by atoms with van der Waals surface area (Å²) in [6.45, 7) is 2.12. The molecule has 4 rings (SSSR count). The SMILES string of the molecule is CCc1c(C(=O)Nc2ccc3c(c2)OCO3)cnn1-c1ccc(F)cc1. The van der Waals surface area contributed by atoms with Crippen molar-refractivity contribution in [1.82, 2.24) is 9.78 Å². The fourth-order valence-electron chi connectivity index (χ4n) is 2.88. The highest BCUT2D eigenvalue weighted by Gasteiger charge is 2.19. The quantitative estimate of drug-likeness (QED) is 0.779. The highest BCUT2D eigenvalue weighted by Crippen LogP contribution is 2.34. The van der Waals surface area contributed by atoms with E-state index < -0.39 is 0 Å². The van der Waals surface area contributed by atoms with Crippen LogP contribution in [0.4, 0.5) is 10.1 Å². The van der Waals surface area contributed by atoms with Gasteiger partial charge in [-0.1, -0.05) is 6.92 Å². The number of anilines is 1. The summed E-state index contributed by atoms with van der Waals surface area (Å²) >= 11 is 0. The largest absolute Gasteiger partial charge is 0.454 e. The molecule has 1 amide bonds.